The van der Waals surface area contributed by atoms with Gasteiger partial charge in [0, 0.05) is 18.8 Å². The second kappa shape index (κ2) is 6.71. The Hall–Kier alpha value is -2.28. The number of amides is 1. The minimum Gasteiger partial charge on any atom is -0.483 e. The Bertz CT molecular complexity index is 783. The summed E-state index contributed by atoms with van der Waals surface area (Å²) < 4.78 is 6.04. The van der Waals surface area contributed by atoms with E-state index >= 15 is 0 Å². The molecule has 0 radical (unpaired) electrons. The molecule has 4 aliphatic rings. The maximum atomic E-state index is 12.2. The zero-order valence-corrected chi connectivity index (χ0v) is 15.8. The molecule has 1 amide bonds. The minimum absolute atomic E-state index is 0.0827. The number of benzene rings is 1. The predicted octanol–water partition coefficient (Wildman–Crippen LogP) is 2.15. The number of hydrogen-bond acceptors (Lipinski definition) is 6. The molecule has 0 aromatic heterocycles. The number of nitrogens with zero attached hydrogens (tertiary/aromatic N) is 2. The largest absolute Gasteiger partial charge is 0.483 e. The first-order chi connectivity index (χ1) is 13.2. The average Bonchev–Trinajstić information content (AvgIpc) is 2.67. The zero-order chi connectivity index (χ0) is 18.4. The SMILES string of the molecule is CC1C(=O)NN=C2COc3cc(C4CCCCC4)c(NC4CNC4)cc3N21. The van der Waals surface area contributed by atoms with Crippen molar-refractivity contribution in [1.29, 1.82) is 0 Å². The number of carbonyl (C=O) groups is 1. The van der Waals surface area contributed by atoms with Gasteiger partial charge in [0.1, 0.15) is 18.4 Å². The number of nitrogens with one attached hydrogen (secondary N) is 3. The van der Waals surface area contributed by atoms with Crippen LogP contribution in [0.25, 0.3) is 0 Å². The highest BCUT2D eigenvalue weighted by molar-refractivity contribution is 6.09. The van der Waals surface area contributed by atoms with Gasteiger partial charge in [-0.1, -0.05) is 19.3 Å². The number of amidine groups is 1. The summed E-state index contributed by atoms with van der Waals surface area (Å²) in [6.07, 6.45) is 6.42. The lowest BCUT2D eigenvalue weighted by Gasteiger charge is -2.39. The molecule has 3 heterocycles. The monoisotopic (exact) mass is 369 g/mol. The minimum atomic E-state index is -0.293. The fraction of sp³-hybridized carbons (Fsp3) is 0.600. The number of carbonyl (C=O) groups excluding carboxylic acids is 1. The molecule has 1 aromatic carbocycles. The molecule has 1 saturated heterocycles. The first-order valence-electron chi connectivity index (χ1n) is 10.1. The van der Waals surface area contributed by atoms with Crippen molar-refractivity contribution in [3.63, 3.8) is 0 Å². The van der Waals surface area contributed by atoms with E-state index in [9.17, 15) is 4.79 Å². The van der Waals surface area contributed by atoms with E-state index in [4.69, 9.17) is 4.74 Å². The van der Waals surface area contributed by atoms with Gasteiger partial charge in [-0.15, -0.1) is 0 Å². The van der Waals surface area contributed by atoms with E-state index in [0.717, 1.165) is 30.4 Å². The number of hydrazone groups is 1. The quantitative estimate of drug-likeness (QED) is 0.761. The van der Waals surface area contributed by atoms with Crippen molar-refractivity contribution in [2.75, 3.05) is 29.9 Å². The van der Waals surface area contributed by atoms with Crippen LogP contribution in [-0.2, 0) is 4.79 Å². The second-order valence-corrected chi connectivity index (χ2v) is 8.08. The Balaban J connectivity index is 1.56. The number of ether oxygens (including phenoxy) is 1. The van der Waals surface area contributed by atoms with Crippen LogP contribution >= 0.6 is 0 Å². The summed E-state index contributed by atoms with van der Waals surface area (Å²) in [5.41, 5.74) is 6.10. The van der Waals surface area contributed by atoms with E-state index < -0.39 is 0 Å². The molecule has 144 valence electrons. The van der Waals surface area contributed by atoms with Gasteiger partial charge in [0.15, 0.2) is 5.84 Å². The van der Waals surface area contributed by atoms with Gasteiger partial charge in [0.25, 0.3) is 5.91 Å². The molecule has 3 aliphatic heterocycles. The lowest BCUT2D eigenvalue weighted by Crippen LogP contribution is -2.55. The van der Waals surface area contributed by atoms with Crippen LogP contribution in [0.1, 0.15) is 50.5 Å². The molecule has 7 heteroatoms. The highest BCUT2D eigenvalue weighted by Crippen LogP contribution is 2.44. The third-order valence-electron chi connectivity index (χ3n) is 6.27. The molecule has 0 spiro atoms. The van der Waals surface area contributed by atoms with E-state index in [1.165, 1.54) is 43.4 Å². The van der Waals surface area contributed by atoms with E-state index in [2.05, 4.69) is 33.3 Å². The molecule has 1 aliphatic carbocycles. The fourth-order valence-corrected chi connectivity index (χ4v) is 4.57. The highest BCUT2D eigenvalue weighted by atomic mass is 16.5. The smallest absolute Gasteiger partial charge is 0.262 e. The van der Waals surface area contributed by atoms with Crippen LogP contribution in [0.3, 0.4) is 0 Å². The number of fused-ring (bicyclic) bond motifs is 3. The van der Waals surface area contributed by atoms with Crippen LogP contribution in [0.4, 0.5) is 11.4 Å². The van der Waals surface area contributed by atoms with Crippen LogP contribution in [0.2, 0.25) is 0 Å². The Labute approximate surface area is 159 Å². The second-order valence-electron chi connectivity index (χ2n) is 8.08. The Morgan fingerprint density at radius 1 is 1.22 bits per heavy atom. The normalized spacial score (nSPS) is 25.5. The molecule has 7 nitrogen and oxygen atoms in total. The molecular formula is C20H27N5O2. The predicted molar refractivity (Wildman–Crippen MR) is 106 cm³/mol. The van der Waals surface area contributed by atoms with Crippen LogP contribution in [0, 0.1) is 0 Å². The maximum Gasteiger partial charge on any atom is 0.262 e. The topological polar surface area (TPSA) is 78.0 Å². The summed E-state index contributed by atoms with van der Waals surface area (Å²) >= 11 is 0. The van der Waals surface area contributed by atoms with Gasteiger partial charge >= 0.3 is 0 Å². The molecule has 1 aromatic rings. The zero-order valence-electron chi connectivity index (χ0n) is 15.8. The van der Waals surface area contributed by atoms with Crippen molar-refractivity contribution in [3.8, 4) is 5.75 Å². The summed E-state index contributed by atoms with van der Waals surface area (Å²) in [7, 11) is 0. The summed E-state index contributed by atoms with van der Waals surface area (Å²) in [5, 5.41) is 11.3. The number of rotatable bonds is 3. The molecule has 0 bridgehead atoms. The number of anilines is 2. The van der Waals surface area contributed by atoms with Crippen molar-refractivity contribution in [3.05, 3.63) is 17.7 Å². The fourth-order valence-electron chi connectivity index (χ4n) is 4.57. The van der Waals surface area contributed by atoms with Gasteiger partial charge in [-0.2, -0.15) is 5.10 Å². The van der Waals surface area contributed by atoms with E-state index in [1.54, 1.807) is 0 Å². The number of hydrogen-bond donors (Lipinski definition) is 3. The summed E-state index contributed by atoms with van der Waals surface area (Å²) in [6.45, 7) is 4.29. The van der Waals surface area contributed by atoms with E-state index in [1.807, 2.05) is 11.8 Å². The van der Waals surface area contributed by atoms with Gasteiger partial charge < -0.3 is 20.3 Å². The first-order valence-corrected chi connectivity index (χ1v) is 10.1. The standard InChI is InChI=1S/C20H27N5O2/c1-12-20(26)24-23-19-11-27-18-7-15(13-5-3-2-4-6-13)16(8-17(18)25(12)19)22-14-9-21-10-14/h7-8,12-14,21-22H,2-6,9-11H2,1H3,(H,24,26). The molecule has 1 unspecified atom stereocenters. The summed E-state index contributed by atoms with van der Waals surface area (Å²) in [4.78, 5) is 14.2. The van der Waals surface area contributed by atoms with Crippen LogP contribution in [0.5, 0.6) is 5.75 Å². The van der Waals surface area contributed by atoms with Crippen molar-refractivity contribution in [1.82, 2.24) is 10.7 Å². The van der Waals surface area contributed by atoms with Crippen LogP contribution < -0.4 is 25.7 Å². The van der Waals surface area contributed by atoms with E-state index in [0.29, 0.717) is 18.6 Å². The molecule has 5 rings (SSSR count). The van der Waals surface area contributed by atoms with Crippen LogP contribution in [-0.4, -0.2) is 43.5 Å². The lowest BCUT2D eigenvalue weighted by molar-refractivity contribution is -0.122. The summed E-state index contributed by atoms with van der Waals surface area (Å²) in [5.74, 6) is 2.13. The van der Waals surface area contributed by atoms with Crippen molar-refractivity contribution < 1.29 is 9.53 Å². The maximum absolute atomic E-state index is 12.2. The van der Waals surface area contributed by atoms with Crippen molar-refractivity contribution in [2.45, 2.75) is 57.0 Å². The first kappa shape index (κ1) is 16.9. The highest BCUT2D eigenvalue weighted by Gasteiger charge is 2.36. The Morgan fingerprint density at radius 3 is 2.78 bits per heavy atom. The molecular weight excluding hydrogens is 342 g/mol. The molecule has 1 saturated carbocycles. The third-order valence-corrected chi connectivity index (χ3v) is 6.27. The average molecular weight is 369 g/mol. The molecule has 2 fully saturated rings. The lowest BCUT2D eigenvalue weighted by atomic mass is 9.82. The molecule has 3 N–H and O–H groups in total. The van der Waals surface area contributed by atoms with Gasteiger partial charge in [-0.05, 0) is 43.4 Å². The van der Waals surface area contributed by atoms with E-state index in [-0.39, 0.29) is 11.9 Å². The summed E-state index contributed by atoms with van der Waals surface area (Å²) in [6, 6.07) is 4.57. The molecule has 1 atom stereocenters. The van der Waals surface area contributed by atoms with Gasteiger partial charge in [-0.25, -0.2) is 5.43 Å². The van der Waals surface area contributed by atoms with Gasteiger partial charge in [0.05, 0.1) is 11.7 Å². The van der Waals surface area contributed by atoms with Gasteiger partial charge in [-0.3, -0.25) is 4.79 Å². The Kier molecular flexibility index (Phi) is 4.19. The van der Waals surface area contributed by atoms with Crippen molar-refractivity contribution in [2.24, 2.45) is 5.10 Å². The molecule has 27 heavy (non-hydrogen) atoms. The van der Waals surface area contributed by atoms with Gasteiger partial charge in [0.2, 0.25) is 0 Å². The van der Waals surface area contributed by atoms with Crippen LogP contribution in [0.15, 0.2) is 17.2 Å². The Morgan fingerprint density at radius 2 is 2.04 bits per heavy atom. The van der Waals surface area contributed by atoms with Crippen molar-refractivity contribution >= 4 is 23.1 Å². The third kappa shape index (κ3) is 2.94.